The number of benzene rings is 2. The summed E-state index contributed by atoms with van der Waals surface area (Å²) in [5.74, 6) is -0.932. The largest absolute Gasteiger partial charge is 0.452 e. The van der Waals surface area contributed by atoms with Crippen LogP contribution in [0.1, 0.15) is 10.6 Å². The van der Waals surface area contributed by atoms with Crippen molar-refractivity contribution < 1.29 is 14.3 Å². The van der Waals surface area contributed by atoms with Crippen molar-refractivity contribution in [3.8, 4) is 0 Å². The lowest BCUT2D eigenvalue weighted by Crippen LogP contribution is -2.30. The van der Waals surface area contributed by atoms with Crippen molar-refractivity contribution >= 4 is 51.1 Å². The van der Waals surface area contributed by atoms with Gasteiger partial charge in [-0.2, -0.15) is 0 Å². The van der Waals surface area contributed by atoms with Crippen LogP contribution in [0, 0.1) is 0 Å². The average molecular weight is 401 g/mol. The van der Waals surface area contributed by atoms with Crippen LogP contribution in [-0.4, -0.2) is 30.0 Å². The van der Waals surface area contributed by atoms with Crippen LogP contribution in [0.15, 0.2) is 54.6 Å². The maximum atomic E-state index is 11.7. The molecule has 0 spiro atoms. The quantitative estimate of drug-likeness (QED) is 0.483. The van der Waals surface area contributed by atoms with E-state index in [4.69, 9.17) is 16.3 Å². The molecule has 3 rings (SSSR count). The van der Waals surface area contributed by atoms with Crippen LogP contribution < -0.4 is 5.32 Å². The zero-order chi connectivity index (χ0) is 19.1. The Morgan fingerprint density at radius 1 is 1.19 bits per heavy atom. The summed E-state index contributed by atoms with van der Waals surface area (Å²) in [6, 6.07) is 15.2. The SMILES string of the molecule is O=C(COC(=O)/C=C/c1nc2ccccc2s1)NCCc1cccc(Cl)c1. The molecule has 0 unspecified atom stereocenters. The number of halogens is 1. The standard InChI is InChI=1S/C20H17ClN2O3S/c21-15-5-3-4-14(12-15)10-11-22-18(24)13-26-20(25)9-8-19-23-16-6-1-2-7-17(16)27-19/h1-9,12H,10-11,13H2,(H,22,24)/b9-8+. The number of rotatable bonds is 7. The molecule has 138 valence electrons. The molecule has 1 heterocycles. The van der Waals surface area contributed by atoms with Crippen LogP contribution in [0.25, 0.3) is 16.3 Å². The first-order chi connectivity index (χ1) is 13.1. The predicted octanol–water partition coefficient (Wildman–Crippen LogP) is 3.87. The van der Waals surface area contributed by atoms with Gasteiger partial charge in [0.1, 0.15) is 5.01 Å². The van der Waals surface area contributed by atoms with E-state index in [2.05, 4.69) is 10.3 Å². The van der Waals surface area contributed by atoms with E-state index in [0.29, 0.717) is 23.0 Å². The predicted molar refractivity (Wildman–Crippen MR) is 108 cm³/mol. The molecule has 0 saturated heterocycles. The third-order valence-corrected chi connectivity index (χ3v) is 4.88. The Bertz CT molecular complexity index is 951. The number of fused-ring (bicyclic) bond motifs is 1. The number of aromatic nitrogens is 1. The number of ether oxygens (including phenoxy) is 1. The maximum Gasteiger partial charge on any atom is 0.331 e. The minimum absolute atomic E-state index is 0.321. The molecule has 5 nitrogen and oxygen atoms in total. The van der Waals surface area contributed by atoms with E-state index in [9.17, 15) is 9.59 Å². The van der Waals surface area contributed by atoms with Gasteiger partial charge in [-0.25, -0.2) is 9.78 Å². The molecule has 1 N–H and O–H groups in total. The Kier molecular flexibility index (Phi) is 6.57. The summed E-state index contributed by atoms with van der Waals surface area (Å²) in [6.07, 6.45) is 3.51. The third kappa shape index (κ3) is 5.91. The lowest BCUT2D eigenvalue weighted by atomic mass is 10.1. The van der Waals surface area contributed by atoms with Gasteiger partial charge in [0, 0.05) is 17.6 Å². The van der Waals surface area contributed by atoms with Gasteiger partial charge in [0.25, 0.3) is 5.91 Å². The van der Waals surface area contributed by atoms with Gasteiger partial charge in [0.2, 0.25) is 0 Å². The molecule has 0 atom stereocenters. The summed E-state index contributed by atoms with van der Waals surface area (Å²) in [5.41, 5.74) is 1.91. The molecule has 0 saturated carbocycles. The molecule has 0 radical (unpaired) electrons. The summed E-state index contributed by atoms with van der Waals surface area (Å²) in [7, 11) is 0. The molecule has 7 heteroatoms. The molecule has 0 aliphatic heterocycles. The first-order valence-corrected chi connectivity index (χ1v) is 9.51. The monoisotopic (exact) mass is 400 g/mol. The number of nitrogens with one attached hydrogen (secondary N) is 1. The summed E-state index contributed by atoms with van der Waals surface area (Å²) in [5, 5.41) is 4.07. The second kappa shape index (κ2) is 9.30. The van der Waals surface area contributed by atoms with Crippen LogP contribution in [0.5, 0.6) is 0 Å². The smallest absolute Gasteiger partial charge is 0.331 e. The molecule has 0 aliphatic carbocycles. The molecular formula is C20H17ClN2O3S. The summed E-state index contributed by atoms with van der Waals surface area (Å²) in [6.45, 7) is 0.122. The van der Waals surface area contributed by atoms with Crippen molar-refractivity contribution in [2.24, 2.45) is 0 Å². The van der Waals surface area contributed by atoms with Crippen molar-refractivity contribution in [2.45, 2.75) is 6.42 Å². The second-order valence-corrected chi connectivity index (χ2v) is 7.19. The molecule has 1 aromatic heterocycles. The summed E-state index contributed by atoms with van der Waals surface area (Å²) >= 11 is 7.39. The normalized spacial score (nSPS) is 11.0. The fourth-order valence-corrected chi connectivity index (χ4v) is 3.46. The van der Waals surface area contributed by atoms with Crippen molar-refractivity contribution in [1.29, 1.82) is 0 Å². The van der Waals surface area contributed by atoms with Crippen molar-refractivity contribution in [2.75, 3.05) is 13.2 Å². The third-order valence-electron chi connectivity index (χ3n) is 3.64. The minimum Gasteiger partial charge on any atom is -0.452 e. The van der Waals surface area contributed by atoms with E-state index < -0.39 is 5.97 Å². The number of hydrogen-bond acceptors (Lipinski definition) is 5. The summed E-state index contributed by atoms with van der Waals surface area (Å²) in [4.78, 5) is 27.9. The molecule has 1 amide bonds. The highest BCUT2D eigenvalue weighted by Crippen LogP contribution is 2.22. The van der Waals surface area contributed by atoms with Gasteiger partial charge in [-0.3, -0.25) is 4.79 Å². The van der Waals surface area contributed by atoms with Crippen molar-refractivity contribution in [3.63, 3.8) is 0 Å². The van der Waals surface area contributed by atoms with Gasteiger partial charge in [0.05, 0.1) is 10.2 Å². The molecular weight excluding hydrogens is 384 g/mol. The van der Waals surface area contributed by atoms with Crippen molar-refractivity contribution in [1.82, 2.24) is 10.3 Å². The number of esters is 1. The van der Waals surface area contributed by atoms with Crippen LogP contribution in [-0.2, 0) is 20.7 Å². The number of nitrogens with zero attached hydrogens (tertiary/aromatic N) is 1. The number of hydrogen-bond donors (Lipinski definition) is 1. The topological polar surface area (TPSA) is 68.3 Å². The average Bonchev–Trinajstić information content (AvgIpc) is 3.08. The highest BCUT2D eigenvalue weighted by Gasteiger charge is 2.06. The lowest BCUT2D eigenvalue weighted by Gasteiger charge is -2.05. The molecule has 0 bridgehead atoms. The highest BCUT2D eigenvalue weighted by atomic mass is 35.5. The molecule has 0 fully saturated rings. The fourth-order valence-electron chi connectivity index (χ4n) is 2.38. The van der Waals surface area contributed by atoms with E-state index >= 15 is 0 Å². The first-order valence-electron chi connectivity index (χ1n) is 8.32. The van der Waals surface area contributed by atoms with E-state index in [1.54, 1.807) is 12.1 Å². The van der Waals surface area contributed by atoms with Gasteiger partial charge >= 0.3 is 5.97 Å². The zero-order valence-electron chi connectivity index (χ0n) is 14.4. The Balaban J connectivity index is 1.39. The van der Waals surface area contributed by atoms with Gasteiger partial charge in [0.15, 0.2) is 6.61 Å². The number of para-hydroxylation sites is 1. The van der Waals surface area contributed by atoms with E-state index in [1.165, 1.54) is 17.4 Å². The van der Waals surface area contributed by atoms with Crippen molar-refractivity contribution in [3.05, 3.63) is 70.2 Å². The van der Waals surface area contributed by atoms with Crippen LogP contribution in [0.4, 0.5) is 0 Å². The van der Waals surface area contributed by atoms with Crippen LogP contribution in [0.2, 0.25) is 5.02 Å². The van der Waals surface area contributed by atoms with Gasteiger partial charge in [-0.15, -0.1) is 11.3 Å². The zero-order valence-corrected chi connectivity index (χ0v) is 15.9. The van der Waals surface area contributed by atoms with E-state index in [-0.39, 0.29) is 12.5 Å². The summed E-state index contributed by atoms with van der Waals surface area (Å²) < 4.78 is 5.99. The van der Waals surface area contributed by atoms with E-state index in [1.807, 2.05) is 42.5 Å². The maximum absolute atomic E-state index is 11.7. The molecule has 0 aliphatic rings. The van der Waals surface area contributed by atoms with Crippen LogP contribution >= 0.6 is 22.9 Å². The molecule has 3 aromatic rings. The van der Waals surface area contributed by atoms with Gasteiger partial charge < -0.3 is 10.1 Å². The lowest BCUT2D eigenvalue weighted by molar-refractivity contribution is -0.143. The number of carbonyl (C=O) groups excluding carboxylic acids is 2. The molecule has 27 heavy (non-hydrogen) atoms. The minimum atomic E-state index is -0.584. The Hall–Kier alpha value is -2.70. The fraction of sp³-hybridized carbons (Fsp3) is 0.150. The van der Waals surface area contributed by atoms with Gasteiger partial charge in [-0.1, -0.05) is 35.9 Å². The second-order valence-electron chi connectivity index (χ2n) is 5.69. The first kappa shape index (κ1) is 19.1. The van der Waals surface area contributed by atoms with E-state index in [0.717, 1.165) is 15.8 Å². The van der Waals surface area contributed by atoms with Gasteiger partial charge in [-0.05, 0) is 42.3 Å². The number of amides is 1. The Labute approximate surface area is 165 Å². The Morgan fingerprint density at radius 2 is 2.04 bits per heavy atom. The number of thiazole rings is 1. The Morgan fingerprint density at radius 3 is 2.85 bits per heavy atom. The number of carbonyl (C=O) groups is 2. The highest BCUT2D eigenvalue weighted by molar-refractivity contribution is 7.19. The molecule has 2 aromatic carbocycles. The van der Waals surface area contributed by atoms with Crippen LogP contribution in [0.3, 0.4) is 0 Å².